The van der Waals surface area contributed by atoms with E-state index in [-0.39, 0.29) is 18.8 Å². The van der Waals surface area contributed by atoms with Crippen LogP contribution in [0.3, 0.4) is 0 Å². The molecule has 0 fully saturated rings. The Hall–Kier alpha value is -2.11. The monoisotopic (exact) mass is 269 g/mol. The summed E-state index contributed by atoms with van der Waals surface area (Å²) < 4.78 is 17.9. The van der Waals surface area contributed by atoms with E-state index in [1.54, 1.807) is 6.92 Å². The van der Waals surface area contributed by atoms with E-state index in [9.17, 15) is 14.0 Å². The molecule has 1 rings (SSSR count). The second-order valence-electron chi connectivity index (χ2n) is 3.92. The number of carbonyl (C=O) groups excluding carboxylic acids is 1. The number of carboxylic acid groups (broad SMARTS) is 1. The van der Waals surface area contributed by atoms with Crippen LogP contribution >= 0.6 is 0 Å². The van der Waals surface area contributed by atoms with Gasteiger partial charge in [0.15, 0.2) is 0 Å². The predicted octanol–water partition coefficient (Wildman–Crippen LogP) is 1.57. The Labute approximate surface area is 110 Å². The van der Waals surface area contributed by atoms with Gasteiger partial charge in [0.2, 0.25) is 5.91 Å². The van der Waals surface area contributed by atoms with E-state index in [1.807, 2.05) is 0 Å². The van der Waals surface area contributed by atoms with Crippen molar-refractivity contribution >= 4 is 11.9 Å². The zero-order chi connectivity index (χ0) is 14.3. The van der Waals surface area contributed by atoms with Crippen molar-refractivity contribution in [2.45, 2.75) is 25.8 Å². The minimum Gasteiger partial charge on any atom is -0.493 e. The van der Waals surface area contributed by atoms with Gasteiger partial charge in [0.1, 0.15) is 17.6 Å². The molecular weight excluding hydrogens is 253 g/mol. The van der Waals surface area contributed by atoms with Crippen molar-refractivity contribution in [1.29, 1.82) is 0 Å². The van der Waals surface area contributed by atoms with E-state index in [2.05, 4.69) is 5.32 Å². The third kappa shape index (κ3) is 5.37. The first-order valence-corrected chi connectivity index (χ1v) is 5.93. The van der Waals surface area contributed by atoms with Crippen molar-refractivity contribution < 1.29 is 23.8 Å². The summed E-state index contributed by atoms with van der Waals surface area (Å²) in [6, 6.07) is 4.55. The lowest BCUT2D eigenvalue weighted by Gasteiger charge is -2.12. The van der Waals surface area contributed by atoms with Crippen LogP contribution in [0.25, 0.3) is 0 Å². The quantitative estimate of drug-likeness (QED) is 0.788. The second kappa shape index (κ2) is 7.35. The number of benzene rings is 1. The van der Waals surface area contributed by atoms with Gasteiger partial charge in [0.05, 0.1) is 13.0 Å². The number of amides is 1. The molecular formula is C13H16FNO4. The van der Waals surface area contributed by atoms with Gasteiger partial charge in [0.25, 0.3) is 0 Å². The SMILES string of the molecule is CC[C@H](NC(=O)CCOc1ccc(F)cc1)C(=O)O. The summed E-state index contributed by atoms with van der Waals surface area (Å²) in [6.07, 6.45) is 0.362. The van der Waals surface area contributed by atoms with Gasteiger partial charge >= 0.3 is 5.97 Å². The van der Waals surface area contributed by atoms with E-state index in [1.165, 1.54) is 24.3 Å². The van der Waals surface area contributed by atoms with Gasteiger partial charge < -0.3 is 15.2 Å². The molecule has 0 aliphatic rings. The summed E-state index contributed by atoms with van der Waals surface area (Å²) in [5, 5.41) is 11.2. The molecule has 1 aromatic rings. The number of nitrogens with one attached hydrogen (secondary N) is 1. The average molecular weight is 269 g/mol. The summed E-state index contributed by atoms with van der Waals surface area (Å²) in [7, 11) is 0. The Morgan fingerprint density at radius 2 is 2.00 bits per heavy atom. The number of carboxylic acids is 1. The van der Waals surface area contributed by atoms with Crippen LogP contribution in [-0.2, 0) is 9.59 Å². The first kappa shape index (κ1) is 14.9. The molecule has 0 bridgehead atoms. The van der Waals surface area contributed by atoms with E-state index in [4.69, 9.17) is 9.84 Å². The van der Waals surface area contributed by atoms with E-state index in [0.29, 0.717) is 12.2 Å². The van der Waals surface area contributed by atoms with Gasteiger partial charge in [0, 0.05) is 0 Å². The molecule has 19 heavy (non-hydrogen) atoms. The number of hydrogen-bond donors (Lipinski definition) is 2. The van der Waals surface area contributed by atoms with Gasteiger partial charge in [-0.3, -0.25) is 4.79 Å². The van der Waals surface area contributed by atoms with Crippen molar-refractivity contribution in [3.63, 3.8) is 0 Å². The standard InChI is InChI=1S/C13H16FNO4/c1-2-11(13(17)18)15-12(16)7-8-19-10-5-3-9(14)4-6-10/h3-6,11H,2,7-8H2,1H3,(H,15,16)(H,17,18)/t11-/m0/s1. The number of rotatable bonds is 7. The van der Waals surface area contributed by atoms with Crippen LogP contribution in [0.15, 0.2) is 24.3 Å². The van der Waals surface area contributed by atoms with Crippen molar-refractivity contribution in [2.24, 2.45) is 0 Å². The highest BCUT2D eigenvalue weighted by Gasteiger charge is 2.17. The number of hydrogen-bond acceptors (Lipinski definition) is 3. The van der Waals surface area contributed by atoms with Crippen molar-refractivity contribution in [3.8, 4) is 5.75 Å². The van der Waals surface area contributed by atoms with Crippen molar-refractivity contribution in [1.82, 2.24) is 5.32 Å². The molecule has 6 heteroatoms. The summed E-state index contributed by atoms with van der Waals surface area (Å²) in [6.45, 7) is 1.78. The van der Waals surface area contributed by atoms with Crippen LogP contribution in [0.5, 0.6) is 5.75 Å². The highest BCUT2D eigenvalue weighted by Crippen LogP contribution is 2.11. The molecule has 5 nitrogen and oxygen atoms in total. The molecule has 0 saturated heterocycles. The number of aliphatic carboxylic acids is 1. The van der Waals surface area contributed by atoms with Crippen LogP contribution in [0.2, 0.25) is 0 Å². The van der Waals surface area contributed by atoms with Crippen LogP contribution < -0.4 is 10.1 Å². The fourth-order valence-corrected chi connectivity index (χ4v) is 1.40. The molecule has 1 aromatic carbocycles. The van der Waals surface area contributed by atoms with Gasteiger partial charge in [-0.15, -0.1) is 0 Å². The fraction of sp³-hybridized carbons (Fsp3) is 0.385. The Bertz CT molecular complexity index is 433. The topological polar surface area (TPSA) is 75.6 Å². The highest BCUT2D eigenvalue weighted by atomic mass is 19.1. The maximum Gasteiger partial charge on any atom is 0.326 e. The van der Waals surface area contributed by atoms with Crippen molar-refractivity contribution in [2.75, 3.05) is 6.61 Å². The molecule has 2 N–H and O–H groups in total. The predicted molar refractivity (Wildman–Crippen MR) is 66.4 cm³/mol. The van der Waals surface area contributed by atoms with E-state index < -0.39 is 17.9 Å². The first-order valence-electron chi connectivity index (χ1n) is 5.93. The van der Waals surface area contributed by atoms with Gasteiger partial charge in [-0.05, 0) is 30.7 Å². The Kier molecular flexibility index (Phi) is 5.78. The molecule has 0 radical (unpaired) electrons. The molecule has 104 valence electrons. The lowest BCUT2D eigenvalue weighted by Crippen LogP contribution is -2.40. The van der Waals surface area contributed by atoms with Gasteiger partial charge in [-0.1, -0.05) is 6.92 Å². The summed E-state index contributed by atoms with van der Waals surface area (Å²) in [5.74, 6) is -1.36. The summed E-state index contributed by atoms with van der Waals surface area (Å²) in [5.41, 5.74) is 0. The Morgan fingerprint density at radius 1 is 1.37 bits per heavy atom. The van der Waals surface area contributed by atoms with Crippen LogP contribution in [-0.4, -0.2) is 29.6 Å². The maximum atomic E-state index is 12.6. The summed E-state index contributed by atoms with van der Waals surface area (Å²) in [4.78, 5) is 22.2. The van der Waals surface area contributed by atoms with Crippen LogP contribution in [0.1, 0.15) is 19.8 Å². The largest absolute Gasteiger partial charge is 0.493 e. The highest BCUT2D eigenvalue weighted by molar-refractivity contribution is 5.83. The second-order valence-corrected chi connectivity index (χ2v) is 3.92. The van der Waals surface area contributed by atoms with Crippen molar-refractivity contribution in [3.05, 3.63) is 30.1 Å². The van der Waals surface area contributed by atoms with E-state index >= 15 is 0 Å². The number of halogens is 1. The molecule has 1 amide bonds. The summed E-state index contributed by atoms with van der Waals surface area (Å²) >= 11 is 0. The first-order chi connectivity index (χ1) is 9.02. The normalized spacial score (nSPS) is 11.7. The Morgan fingerprint density at radius 3 is 2.53 bits per heavy atom. The minimum absolute atomic E-state index is 0.0428. The zero-order valence-electron chi connectivity index (χ0n) is 10.6. The van der Waals surface area contributed by atoms with Crippen LogP contribution in [0.4, 0.5) is 4.39 Å². The zero-order valence-corrected chi connectivity index (χ0v) is 10.6. The third-order valence-corrected chi connectivity index (χ3v) is 2.45. The maximum absolute atomic E-state index is 12.6. The number of carbonyl (C=O) groups is 2. The van der Waals surface area contributed by atoms with Crippen LogP contribution in [0, 0.1) is 5.82 Å². The molecule has 0 aromatic heterocycles. The lowest BCUT2D eigenvalue weighted by atomic mass is 10.2. The van der Waals surface area contributed by atoms with Gasteiger partial charge in [-0.25, -0.2) is 9.18 Å². The molecule has 0 unspecified atom stereocenters. The molecule has 0 saturated carbocycles. The average Bonchev–Trinajstić information content (AvgIpc) is 2.38. The number of ether oxygens (including phenoxy) is 1. The lowest BCUT2D eigenvalue weighted by molar-refractivity contribution is -0.142. The van der Waals surface area contributed by atoms with Gasteiger partial charge in [-0.2, -0.15) is 0 Å². The fourth-order valence-electron chi connectivity index (χ4n) is 1.40. The molecule has 0 aliphatic carbocycles. The Balaban J connectivity index is 2.30. The molecule has 0 heterocycles. The molecule has 0 aliphatic heterocycles. The van der Waals surface area contributed by atoms with E-state index in [0.717, 1.165) is 0 Å². The third-order valence-electron chi connectivity index (χ3n) is 2.45. The minimum atomic E-state index is -1.06. The molecule has 0 spiro atoms. The smallest absolute Gasteiger partial charge is 0.326 e. The molecule has 1 atom stereocenters.